The van der Waals surface area contributed by atoms with E-state index in [0.29, 0.717) is 32.7 Å². The molecule has 1 aromatic carbocycles. The van der Waals surface area contributed by atoms with Crippen LogP contribution in [-0.2, 0) is 16.1 Å². The lowest BCUT2D eigenvalue weighted by Gasteiger charge is -2.35. The van der Waals surface area contributed by atoms with E-state index >= 15 is 0 Å². The fourth-order valence-corrected chi connectivity index (χ4v) is 2.82. The van der Waals surface area contributed by atoms with Gasteiger partial charge in [0.2, 0.25) is 11.8 Å². The lowest BCUT2D eigenvalue weighted by atomic mass is 10.2. The maximum Gasteiger partial charge on any atom is 0.236 e. The highest BCUT2D eigenvalue weighted by molar-refractivity contribution is 9.10. The van der Waals surface area contributed by atoms with Crippen LogP contribution >= 0.6 is 15.9 Å². The average molecular weight is 368 g/mol. The van der Waals surface area contributed by atoms with Gasteiger partial charge in [-0.05, 0) is 24.7 Å². The van der Waals surface area contributed by atoms with Crippen LogP contribution in [0.1, 0.15) is 12.5 Å². The zero-order valence-electron chi connectivity index (χ0n) is 13.1. The molecule has 1 aliphatic rings. The maximum atomic E-state index is 12.3. The molecule has 120 valence electrons. The van der Waals surface area contributed by atoms with Crippen LogP contribution in [0.4, 0.5) is 0 Å². The summed E-state index contributed by atoms with van der Waals surface area (Å²) in [4.78, 5) is 29.2. The first kappa shape index (κ1) is 17.0. The highest BCUT2D eigenvalue weighted by Gasteiger charge is 2.22. The largest absolute Gasteiger partial charge is 0.339 e. The van der Waals surface area contributed by atoms with E-state index in [9.17, 15) is 9.59 Å². The summed E-state index contributed by atoms with van der Waals surface area (Å²) in [5.41, 5.74) is 1.18. The molecule has 1 fully saturated rings. The van der Waals surface area contributed by atoms with Crippen LogP contribution in [0.15, 0.2) is 28.7 Å². The van der Waals surface area contributed by atoms with Crippen molar-refractivity contribution in [3.05, 3.63) is 34.3 Å². The van der Waals surface area contributed by atoms with Crippen LogP contribution in [0, 0.1) is 0 Å². The Morgan fingerprint density at radius 1 is 1.09 bits per heavy atom. The van der Waals surface area contributed by atoms with Crippen LogP contribution in [0.3, 0.4) is 0 Å². The third-order valence-electron chi connectivity index (χ3n) is 3.85. The first-order chi connectivity index (χ1) is 10.5. The number of likely N-dealkylation sites (N-methyl/N-ethyl adjacent to an activating group) is 1. The fourth-order valence-electron chi connectivity index (χ4n) is 2.56. The van der Waals surface area contributed by atoms with Gasteiger partial charge in [-0.2, -0.15) is 0 Å². The molecule has 1 saturated heterocycles. The monoisotopic (exact) mass is 367 g/mol. The van der Waals surface area contributed by atoms with Gasteiger partial charge in [0.1, 0.15) is 0 Å². The minimum Gasteiger partial charge on any atom is -0.339 e. The van der Waals surface area contributed by atoms with Crippen LogP contribution in [0.25, 0.3) is 0 Å². The van der Waals surface area contributed by atoms with Crippen LogP contribution in [0.5, 0.6) is 0 Å². The zero-order valence-corrected chi connectivity index (χ0v) is 14.7. The van der Waals surface area contributed by atoms with Crippen molar-refractivity contribution in [3.63, 3.8) is 0 Å². The quantitative estimate of drug-likeness (QED) is 0.811. The fraction of sp³-hybridized carbons (Fsp3) is 0.500. The van der Waals surface area contributed by atoms with Crippen molar-refractivity contribution in [2.45, 2.75) is 13.5 Å². The highest BCUT2D eigenvalue weighted by atomic mass is 79.9. The van der Waals surface area contributed by atoms with Gasteiger partial charge in [0, 0.05) is 44.1 Å². The van der Waals surface area contributed by atoms with Crippen molar-refractivity contribution in [1.82, 2.24) is 14.7 Å². The van der Waals surface area contributed by atoms with Gasteiger partial charge < -0.3 is 9.80 Å². The lowest BCUT2D eigenvalue weighted by molar-refractivity contribution is -0.139. The number of rotatable bonds is 4. The Morgan fingerprint density at radius 2 is 1.64 bits per heavy atom. The second kappa shape index (κ2) is 7.74. The summed E-state index contributed by atoms with van der Waals surface area (Å²) in [6, 6.07) is 8.12. The molecule has 2 amide bonds. The second-order valence-electron chi connectivity index (χ2n) is 5.69. The van der Waals surface area contributed by atoms with Gasteiger partial charge in [-0.3, -0.25) is 14.5 Å². The van der Waals surface area contributed by atoms with E-state index in [1.165, 1.54) is 5.56 Å². The Morgan fingerprint density at radius 3 is 2.18 bits per heavy atom. The Bertz CT molecular complexity index is 525. The molecule has 0 spiro atoms. The van der Waals surface area contributed by atoms with Gasteiger partial charge in [0.25, 0.3) is 0 Å². The topological polar surface area (TPSA) is 43.9 Å². The van der Waals surface area contributed by atoms with Crippen LogP contribution < -0.4 is 0 Å². The molecular weight excluding hydrogens is 346 g/mol. The first-order valence-electron chi connectivity index (χ1n) is 7.42. The third-order valence-corrected chi connectivity index (χ3v) is 4.38. The van der Waals surface area contributed by atoms with E-state index in [4.69, 9.17) is 0 Å². The Balaban J connectivity index is 1.79. The minimum absolute atomic E-state index is 0.0828. The van der Waals surface area contributed by atoms with Crippen molar-refractivity contribution < 1.29 is 9.59 Å². The molecule has 22 heavy (non-hydrogen) atoms. The SMILES string of the molecule is CC(=O)N1CCN(C(=O)CN(C)Cc2ccc(Br)cc2)CC1. The van der Waals surface area contributed by atoms with Crippen molar-refractivity contribution in [1.29, 1.82) is 0 Å². The normalized spacial score (nSPS) is 15.3. The van der Waals surface area contributed by atoms with Gasteiger partial charge in [-0.25, -0.2) is 0 Å². The number of carbonyl (C=O) groups excluding carboxylic acids is 2. The molecule has 1 heterocycles. The number of piperazine rings is 1. The molecule has 5 nitrogen and oxygen atoms in total. The number of benzene rings is 1. The summed E-state index contributed by atoms with van der Waals surface area (Å²) < 4.78 is 1.05. The van der Waals surface area contributed by atoms with E-state index in [2.05, 4.69) is 28.1 Å². The van der Waals surface area contributed by atoms with Gasteiger partial charge in [0.15, 0.2) is 0 Å². The second-order valence-corrected chi connectivity index (χ2v) is 6.60. The van der Waals surface area contributed by atoms with Crippen LogP contribution in [0.2, 0.25) is 0 Å². The number of nitrogens with zero attached hydrogens (tertiary/aromatic N) is 3. The number of halogens is 1. The molecule has 1 aliphatic heterocycles. The Labute approximate surface area is 140 Å². The van der Waals surface area contributed by atoms with E-state index in [0.717, 1.165) is 11.0 Å². The van der Waals surface area contributed by atoms with Gasteiger partial charge >= 0.3 is 0 Å². The molecule has 0 aliphatic carbocycles. The molecule has 0 saturated carbocycles. The van der Waals surface area contributed by atoms with Crippen molar-refractivity contribution in [3.8, 4) is 0 Å². The standard InChI is InChI=1S/C16H22BrN3O2/c1-13(21)19-7-9-20(10-8-19)16(22)12-18(2)11-14-3-5-15(17)6-4-14/h3-6H,7-12H2,1-2H3. The van der Waals surface area contributed by atoms with Gasteiger partial charge in [0.05, 0.1) is 6.54 Å². The third kappa shape index (κ3) is 4.81. The summed E-state index contributed by atoms with van der Waals surface area (Å²) in [5, 5.41) is 0. The summed E-state index contributed by atoms with van der Waals surface area (Å²) in [5.74, 6) is 0.210. The van der Waals surface area contributed by atoms with E-state index in [1.807, 2.05) is 29.0 Å². The molecular formula is C16H22BrN3O2. The molecule has 0 unspecified atom stereocenters. The highest BCUT2D eigenvalue weighted by Crippen LogP contribution is 2.12. The van der Waals surface area contributed by atoms with Gasteiger partial charge in [-0.1, -0.05) is 28.1 Å². The maximum absolute atomic E-state index is 12.3. The predicted octanol–water partition coefficient (Wildman–Crippen LogP) is 1.57. The average Bonchev–Trinajstić information content (AvgIpc) is 2.49. The summed E-state index contributed by atoms with van der Waals surface area (Å²) >= 11 is 3.42. The molecule has 0 N–H and O–H groups in total. The number of carbonyl (C=O) groups is 2. The molecule has 2 rings (SSSR count). The molecule has 0 aromatic heterocycles. The number of amides is 2. The summed E-state index contributed by atoms with van der Waals surface area (Å²) in [7, 11) is 1.95. The minimum atomic E-state index is 0.0828. The van der Waals surface area contributed by atoms with E-state index in [1.54, 1.807) is 11.8 Å². The smallest absolute Gasteiger partial charge is 0.236 e. The summed E-state index contributed by atoms with van der Waals surface area (Å²) in [6.07, 6.45) is 0. The van der Waals surface area contributed by atoms with Gasteiger partial charge in [-0.15, -0.1) is 0 Å². The summed E-state index contributed by atoms with van der Waals surface area (Å²) in [6.45, 7) is 5.25. The predicted molar refractivity (Wildman–Crippen MR) is 89.3 cm³/mol. The molecule has 1 aromatic rings. The molecule has 6 heteroatoms. The Hall–Kier alpha value is -1.40. The van der Waals surface area contributed by atoms with E-state index < -0.39 is 0 Å². The zero-order chi connectivity index (χ0) is 16.1. The molecule has 0 radical (unpaired) electrons. The Kier molecular flexibility index (Phi) is 5.97. The molecule has 0 atom stereocenters. The lowest BCUT2D eigenvalue weighted by Crippen LogP contribution is -2.51. The van der Waals surface area contributed by atoms with Crippen LogP contribution in [-0.4, -0.2) is 66.3 Å². The van der Waals surface area contributed by atoms with Crippen molar-refractivity contribution in [2.24, 2.45) is 0 Å². The van der Waals surface area contributed by atoms with Crippen molar-refractivity contribution >= 4 is 27.7 Å². The van der Waals surface area contributed by atoms with E-state index in [-0.39, 0.29) is 11.8 Å². The number of hydrogen-bond acceptors (Lipinski definition) is 3. The number of hydrogen-bond donors (Lipinski definition) is 0. The first-order valence-corrected chi connectivity index (χ1v) is 8.21. The molecule has 0 bridgehead atoms. The van der Waals surface area contributed by atoms with Crippen molar-refractivity contribution in [2.75, 3.05) is 39.8 Å².